The highest BCUT2D eigenvalue weighted by molar-refractivity contribution is 9.10. The monoisotopic (exact) mass is 322 g/mol. The molecule has 19 heavy (non-hydrogen) atoms. The summed E-state index contributed by atoms with van der Waals surface area (Å²) >= 11 is 3.44. The number of morpholine rings is 1. The van der Waals surface area contributed by atoms with Gasteiger partial charge in [-0.2, -0.15) is 0 Å². The molecule has 3 rings (SSSR count). The summed E-state index contributed by atoms with van der Waals surface area (Å²) in [5.41, 5.74) is 1.62. The Bertz CT molecular complexity index is 623. The van der Waals surface area contributed by atoms with E-state index in [2.05, 4.69) is 20.9 Å². The van der Waals surface area contributed by atoms with Gasteiger partial charge >= 0.3 is 0 Å². The maximum Gasteiger partial charge on any atom is 0.270 e. The number of carbonyl (C=O) groups is 1. The van der Waals surface area contributed by atoms with Crippen LogP contribution in [-0.4, -0.2) is 41.6 Å². The molecule has 0 bridgehead atoms. The SMILES string of the molecule is CC1CN(C(=O)c2cc3cc(Br)ccc3[nH]2)CCO1. The Hall–Kier alpha value is -1.33. The van der Waals surface area contributed by atoms with Crippen molar-refractivity contribution in [3.05, 3.63) is 34.4 Å². The largest absolute Gasteiger partial charge is 0.375 e. The number of aromatic amines is 1. The highest BCUT2D eigenvalue weighted by Gasteiger charge is 2.23. The van der Waals surface area contributed by atoms with Crippen molar-refractivity contribution in [3.8, 4) is 0 Å². The number of halogens is 1. The molecule has 1 aromatic carbocycles. The van der Waals surface area contributed by atoms with E-state index < -0.39 is 0 Å². The minimum atomic E-state index is 0.0440. The predicted molar refractivity (Wildman–Crippen MR) is 77.3 cm³/mol. The number of benzene rings is 1. The summed E-state index contributed by atoms with van der Waals surface area (Å²) in [6.45, 7) is 3.90. The summed E-state index contributed by atoms with van der Waals surface area (Å²) in [4.78, 5) is 17.5. The van der Waals surface area contributed by atoms with Gasteiger partial charge in [-0.05, 0) is 31.2 Å². The zero-order valence-electron chi connectivity index (χ0n) is 10.6. The van der Waals surface area contributed by atoms with E-state index in [1.165, 1.54) is 0 Å². The predicted octanol–water partition coefficient (Wildman–Crippen LogP) is 2.79. The van der Waals surface area contributed by atoms with Crippen molar-refractivity contribution < 1.29 is 9.53 Å². The first-order valence-corrected chi connectivity index (χ1v) is 7.12. The molecule has 2 heterocycles. The lowest BCUT2D eigenvalue weighted by Gasteiger charge is -2.30. The molecule has 5 heteroatoms. The van der Waals surface area contributed by atoms with Gasteiger partial charge in [0.1, 0.15) is 5.69 Å². The number of nitrogens with zero attached hydrogens (tertiary/aromatic N) is 1. The van der Waals surface area contributed by atoms with E-state index in [4.69, 9.17) is 4.74 Å². The summed E-state index contributed by atoms with van der Waals surface area (Å²) < 4.78 is 6.47. The molecule has 1 amide bonds. The molecule has 100 valence electrons. The van der Waals surface area contributed by atoms with E-state index in [-0.39, 0.29) is 12.0 Å². The highest BCUT2D eigenvalue weighted by atomic mass is 79.9. The molecule has 1 fully saturated rings. The second-order valence-electron chi connectivity index (χ2n) is 4.85. The fraction of sp³-hybridized carbons (Fsp3) is 0.357. The number of amides is 1. The number of carbonyl (C=O) groups excluding carboxylic acids is 1. The molecule has 1 unspecified atom stereocenters. The van der Waals surface area contributed by atoms with Crippen LogP contribution in [0.4, 0.5) is 0 Å². The summed E-state index contributed by atoms with van der Waals surface area (Å²) in [5.74, 6) is 0.0440. The topological polar surface area (TPSA) is 45.3 Å². The van der Waals surface area contributed by atoms with Crippen molar-refractivity contribution in [2.45, 2.75) is 13.0 Å². The van der Waals surface area contributed by atoms with Crippen LogP contribution >= 0.6 is 15.9 Å². The molecule has 1 aromatic heterocycles. The van der Waals surface area contributed by atoms with Gasteiger partial charge in [0.2, 0.25) is 0 Å². The fourth-order valence-electron chi connectivity index (χ4n) is 2.39. The number of hydrogen-bond acceptors (Lipinski definition) is 2. The minimum absolute atomic E-state index is 0.0440. The standard InChI is InChI=1S/C14H15BrN2O2/c1-9-8-17(4-5-19-9)14(18)13-7-10-6-11(15)2-3-12(10)16-13/h2-3,6-7,9,16H,4-5,8H2,1H3. The zero-order chi connectivity index (χ0) is 13.4. The zero-order valence-corrected chi connectivity index (χ0v) is 12.2. The lowest BCUT2D eigenvalue weighted by atomic mass is 10.2. The molecule has 0 spiro atoms. The maximum atomic E-state index is 12.4. The van der Waals surface area contributed by atoms with Gasteiger partial charge < -0.3 is 14.6 Å². The number of H-pyrrole nitrogens is 1. The van der Waals surface area contributed by atoms with Crippen LogP contribution in [0.2, 0.25) is 0 Å². The third kappa shape index (κ3) is 2.53. The number of hydrogen-bond donors (Lipinski definition) is 1. The Balaban J connectivity index is 1.88. The van der Waals surface area contributed by atoms with Crippen molar-refractivity contribution >= 4 is 32.7 Å². The average Bonchev–Trinajstić information content (AvgIpc) is 2.80. The second-order valence-corrected chi connectivity index (χ2v) is 5.76. The summed E-state index contributed by atoms with van der Waals surface area (Å²) in [6.07, 6.45) is 0.108. The minimum Gasteiger partial charge on any atom is -0.375 e. The molecule has 1 N–H and O–H groups in total. The van der Waals surface area contributed by atoms with Gasteiger partial charge in [-0.25, -0.2) is 0 Å². The Morgan fingerprint density at radius 1 is 1.47 bits per heavy atom. The summed E-state index contributed by atoms with van der Waals surface area (Å²) in [7, 11) is 0. The smallest absolute Gasteiger partial charge is 0.270 e. The Kier molecular flexibility index (Phi) is 3.33. The molecular weight excluding hydrogens is 308 g/mol. The van der Waals surface area contributed by atoms with E-state index in [0.717, 1.165) is 15.4 Å². The van der Waals surface area contributed by atoms with Crippen molar-refractivity contribution in [2.75, 3.05) is 19.7 Å². The first-order chi connectivity index (χ1) is 9.13. The number of aromatic nitrogens is 1. The first-order valence-electron chi connectivity index (χ1n) is 6.32. The highest BCUT2D eigenvalue weighted by Crippen LogP contribution is 2.21. The van der Waals surface area contributed by atoms with Gasteiger partial charge in [-0.1, -0.05) is 15.9 Å². The van der Waals surface area contributed by atoms with Crippen molar-refractivity contribution in [1.82, 2.24) is 9.88 Å². The van der Waals surface area contributed by atoms with Crippen LogP contribution in [0.15, 0.2) is 28.7 Å². The lowest BCUT2D eigenvalue weighted by Crippen LogP contribution is -2.44. The second kappa shape index (κ2) is 4.98. The van der Waals surface area contributed by atoms with Crippen LogP contribution in [0.3, 0.4) is 0 Å². The average molecular weight is 323 g/mol. The third-order valence-electron chi connectivity index (χ3n) is 3.34. The normalized spacial score (nSPS) is 19.9. The van der Waals surface area contributed by atoms with E-state index in [0.29, 0.717) is 25.4 Å². The Labute approximate surface area is 119 Å². The van der Waals surface area contributed by atoms with E-state index in [1.54, 1.807) is 0 Å². The molecule has 4 nitrogen and oxygen atoms in total. The number of ether oxygens (including phenoxy) is 1. The third-order valence-corrected chi connectivity index (χ3v) is 3.83. The van der Waals surface area contributed by atoms with Gasteiger partial charge in [-0.3, -0.25) is 4.79 Å². The maximum absolute atomic E-state index is 12.4. The van der Waals surface area contributed by atoms with Gasteiger partial charge in [0.05, 0.1) is 12.7 Å². The van der Waals surface area contributed by atoms with Crippen LogP contribution in [0, 0.1) is 0 Å². The molecule has 0 saturated carbocycles. The Morgan fingerprint density at radius 3 is 3.11 bits per heavy atom. The molecule has 1 aliphatic heterocycles. The molecular formula is C14H15BrN2O2. The van der Waals surface area contributed by atoms with Gasteiger partial charge in [0.15, 0.2) is 0 Å². The van der Waals surface area contributed by atoms with Crippen LogP contribution in [0.1, 0.15) is 17.4 Å². The molecule has 2 aromatic rings. The lowest BCUT2D eigenvalue weighted by molar-refractivity contribution is -0.0126. The number of fused-ring (bicyclic) bond motifs is 1. The molecule has 1 saturated heterocycles. The van der Waals surface area contributed by atoms with E-state index >= 15 is 0 Å². The van der Waals surface area contributed by atoms with Crippen LogP contribution in [-0.2, 0) is 4.74 Å². The Morgan fingerprint density at radius 2 is 2.32 bits per heavy atom. The summed E-state index contributed by atoms with van der Waals surface area (Å²) in [5, 5.41) is 1.04. The van der Waals surface area contributed by atoms with Crippen LogP contribution in [0.5, 0.6) is 0 Å². The van der Waals surface area contributed by atoms with Gasteiger partial charge in [0.25, 0.3) is 5.91 Å². The van der Waals surface area contributed by atoms with Crippen LogP contribution < -0.4 is 0 Å². The van der Waals surface area contributed by atoms with E-state index in [9.17, 15) is 4.79 Å². The fourth-order valence-corrected chi connectivity index (χ4v) is 2.77. The number of nitrogens with one attached hydrogen (secondary N) is 1. The molecule has 0 aliphatic carbocycles. The molecule has 0 radical (unpaired) electrons. The quantitative estimate of drug-likeness (QED) is 0.877. The molecule has 1 aliphatic rings. The van der Waals surface area contributed by atoms with Crippen molar-refractivity contribution in [1.29, 1.82) is 0 Å². The van der Waals surface area contributed by atoms with E-state index in [1.807, 2.05) is 36.1 Å². The van der Waals surface area contributed by atoms with Crippen molar-refractivity contribution in [2.24, 2.45) is 0 Å². The summed E-state index contributed by atoms with van der Waals surface area (Å²) in [6, 6.07) is 7.84. The van der Waals surface area contributed by atoms with Crippen molar-refractivity contribution in [3.63, 3.8) is 0 Å². The number of rotatable bonds is 1. The van der Waals surface area contributed by atoms with Crippen LogP contribution in [0.25, 0.3) is 10.9 Å². The van der Waals surface area contributed by atoms with Gasteiger partial charge in [-0.15, -0.1) is 0 Å². The first kappa shape index (κ1) is 12.7. The molecule has 1 atom stereocenters. The van der Waals surface area contributed by atoms with Gasteiger partial charge in [0, 0.05) is 28.5 Å².